The summed E-state index contributed by atoms with van der Waals surface area (Å²) in [5.74, 6) is -8.38. The molecule has 8 rings (SSSR count). The quantitative estimate of drug-likeness (QED) is 0.0839. The molecule has 0 radical (unpaired) electrons. The van der Waals surface area contributed by atoms with Crippen LogP contribution in [0.25, 0.3) is 0 Å². The number of fused-ring (bicyclic) bond motifs is 4. The number of nitrogens with zero attached hydrogens (tertiary/aromatic N) is 4. The molecular weight excluding hydrogens is 794 g/mol. The predicted molar refractivity (Wildman–Crippen MR) is 197 cm³/mol. The minimum Gasteiger partial charge on any atom is -0.508 e. The summed E-state index contributed by atoms with van der Waals surface area (Å²) in [6.07, 6.45) is -2.59. The fourth-order valence-electron chi connectivity index (χ4n) is 9.04. The lowest BCUT2D eigenvalue weighted by Gasteiger charge is -2.50. The number of aromatic nitrogens is 1. The number of methoxy groups -OCH3 is 1. The molecule has 6 atom stereocenters. The molecule has 2 saturated heterocycles. The summed E-state index contributed by atoms with van der Waals surface area (Å²) in [5, 5.41) is 22.3. The van der Waals surface area contributed by atoms with Gasteiger partial charge in [-0.3, -0.25) is 39.6 Å². The number of nitro benzene ring substituents is 1. The van der Waals surface area contributed by atoms with Crippen molar-refractivity contribution >= 4 is 64.0 Å². The Balaban J connectivity index is 1.31. The number of anilines is 2. The van der Waals surface area contributed by atoms with Crippen molar-refractivity contribution in [1.82, 2.24) is 9.99 Å². The summed E-state index contributed by atoms with van der Waals surface area (Å²) in [6.45, 7) is 0. The number of hydrogen-bond donors (Lipinski definition) is 2. The lowest BCUT2D eigenvalue weighted by Crippen LogP contribution is -2.53. The fraction of sp³-hybridized carbons (Fsp3) is 0.256. The standard InChI is InChI=1S/C39H28Cl2F3N5O8/c1-57-30-15-23(50)10-11-25(30)32-24-12-13-26-31(36(53)47(34(26)51)21-6-8-22(9-7-21)49(55)56)27(24)16-28-35(52)48(37(54)38(28,32)18-2-4-20(40)5-3-18)46-33-29(41)14-19(17-45-33)39(42,43)44/h2-12,14-15,17,26-28,31-32,50H,13,16H2,1H3,(H,45,46). The van der Waals surface area contributed by atoms with Crippen LogP contribution < -0.4 is 15.1 Å². The van der Waals surface area contributed by atoms with Crippen LogP contribution in [0.4, 0.5) is 30.4 Å². The summed E-state index contributed by atoms with van der Waals surface area (Å²) in [4.78, 5) is 74.2. The number of aromatic hydroxyl groups is 1. The van der Waals surface area contributed by atoms with E-state index in [1.165, 1.54) is 61.7 Å². The number of non-ortho nitro benzene ring substituents is 1. The number of benzene rings is 3. The largest absolute Gasteiger partial charge is 0.508 e. The van der Waals surface area contributed by atoms with Gasteiger partial charge in [-0.2, -0.15) is 18.2 Å². The lowest BCUT2D eigenvalue weighted by atomic mass is 9.49. The Kier molecular flexibility index (Phi) is 9.03. The molecule has 18 heteroatoms. The van der Waals surface area contributed by atoms with Gasteiger partial charge in [0.15, 0.2) is 5.82 Å². The van der Waals surface area contributed by atoms with E-state index < -0.39 is 86.1 Å². The molecule has 4 amide bonds. The molecule has 3 heterocycles. The van der Waals surface area contributed by atoms with Crippen LogP contribution in [0.2, 0.25) is 10.0 Å². The topological polar surface area (TPSA) is 172 Å². The van der Waals surface area contributed by atoms with E-state index in [4.69, 9.17) is 27.9 Å². The number of carbonyl (C=O) groups excluding carboxylic acids is 4. The van der Waals surface area contributed by atoms with Crippen molar-refractivity contribution in [2.75, 3.05) is 17.4 Å². The van der Waals surface area contributed by atoms with Gasteiger partial charge in [-0.25, -0.2) is 4.98 Å². The number of pyridine rings is 1. The number of ether oxygens (including phenoxy) is 1. The Morgan fingerprint density at radius 1 is 0.965 bits per heavy atom. The first-order chi connectivity index (χ1) is 27.1. The Morgan fingerprint density at radius 2 is 1.67 bits per heavy atom. The van der Waals surface area contributed by atoms with Crippen molar-refractivity contribution in [2.24, 2.45) is 23.7 Å². The van der Waals surface area contributed by atoms with Crippen LogP contribution in [0.15, 0.2) is 90.6 Å². The SMILES string of the molecule is COc1cc(O)ccc1C1C2=CCC3C(=O)N(c4ccc([N+](=O)[O-])cc4)C(=O)C3C2CC2C(=O)N(Nc3ncc(C(F)(F)F)cc3Cl)C(=O)C21c1ccc(Cl)cc1. The van der Waals surface area contributed by atoms with E-state index in [2.05, 4.69) is 10.4 Å². The third-order valence-corrected chi connectivity index (χ3v) is 11.9. The molecule has 4 aromatic rings. The number of carbonyl (C=O) groups is 4. The Labute approximate surface area is 330 Å². The minimum atomic E-state index is -4.78. The van der Waals surface area contributed by atoms with Crippen molar-refractivity contribution in [1.29, 1.82) is 0 Å². The summed E-state index contributed by atoms with van der Waals surface area (Å²) < 4.78 is 46.2. The maximum atomic E-state index is 15.3. The van der Waals surface area contributed by atoms with Gasteiger partial charge in [0.1, 0.15) is 11.5 Å². The average molecular weight is 823 g/mol. The minimum absolute atomic E-state index is 0.0536. The second kappa shape index (κ2) is 13.6. The first-order valence-corrected chi connectivity index (χ1v) is 18.2. The van der Waals surface area contributed by atoms with E-state index in [1.54, 1.807) is 18.2 Å². The number of hydrazine groups is 1. The number of imide groups is 2. The second-order valence-electron chi connectivity index (χ2n) is 14.1. The molecule has 2 aliphatic carbocycles. The molecular formula is C39H28Cl2F3N5O8. The third-order valence-electron chi connectivity index (χ3n) is 11.4. The number of allylic oxidation sites excluding steroid dienone is 2. The van der Waals surface area contributed by atoms with Crippen LogP contribution >= 0.6 is 23.2 Å². The van der Waals surface area contributed by atoms with E-state index in [0.29, 0.717) is 39.0 Å². The van der Waals surface area contributed by atoms with Crippen LogP contribution in [0.1, 0.15) is 35.4 Å². The van der Waals surface area contributed by atoms with Crippen LogP contribution in [0, 0.1) is 33.8 Å². The molecule has 57 heavy (non-hydrogen) atoms. The van der Waals surface area contributed by atoms with E-state index in [0.717, 1.165) is 4.90 Å². The normalized spacial score (nSPS) is 25.5. The number of phenols is 1. The summed E-state index contributed by atoms with van der Waals surface area (Å²) >= 11 is 12.6. The zero-order chi connectivity index (χ0) is 40.7. The van der Waals surface area contributed by atoms with E-state index in [-0.39, 0.29) is 35.7 Å². The number of phenolic OH excluding ortho intramolecular Hbond substituents is 1. The van der Waals surface area contributed by atoms with E-state index >= 15 is 4.79 Å². The number of hydrogen-bond acceptors (Lipinski definition) is 10. The van der Waals surface area contributed by atoms with Gasteiger partial charge < -0.3 is 9.84 Å². The molecule has 2 N–H and O–H groups in total. The van der Waals surface area contributed by atoms with Crippen molar-refractivity contribution in [3.8, 4) is 11.5 Å². The van der Waals surface area contributed by atoms with Gasteiger partial charge in [-0.15, -0.1) is 0 Å². The van der Waals surface area contributed by atoms with Crippen molar-refractivity contribution in [2.45, 2.75) is 30.4 Å². The average Bonchev–Trinajstić information content (AvgIpc) is 3.56. The number of nitrogens with one attached hydrogen (secondary N) is 1. The van der Waals surface area contributed by atoms with Gasteiger partial charge in [0.25, 0.3) is 17.5 Å². The molecule has 2 aliphatic heterocycles. The first kappa shape index (κ1) is 37.9. The molecule has 1 saturated carbocycles. The number of halogens is 5. The maximum absolute atomic E-state index is 15.3. The van der Waals surface area contributed by atoms with Crippen LogP contribution in [0.5, 0.6) is 11.5 Å². The molecule has 0 bridgehead atoms. The van der Waals surface area contributed by atoms with Crippen LogP contribution in [-0.4, -0.2) is 50.8 Å². The smallest absolute Gasteiger partial charge is 0.417 e. The zero-order valence-corrected chi connectivity index (χ0v) is 30.9. The second-order valence-corrected chi connectivity index (χ2v) is 15.0. The van der Waals surface area contributed by atoms with Gasteiger partial charge in [-0.1, -0.05) is 53.1 Å². The third kappa shape index (κ3) is 5.79. The highest BCUT2D eigenvalue weighted by Crippen LogP contribution is 2.65. The number of amides is 4. The zero-order valence-electron chi connectivity index (χ0n) is 29.4. The molecule has 3 aromatic carbocycles. The van der Waals surface area contributed by atoms with Crippen LogP contribution in [-0.2, 0) is 30.8 Å². The molecule has 3 fully saturated rings. The summed E-state index contributed by atoms with van der Waals surface area (Å²) in [6, 6.07) is 16.1. The van der Waals surface area contributed by atoms with Gasteiger partial charge in [-0.05, 0) is 60.7 Å². The molecule has 1 aromatic heterocycles. The van der Waals surface area contributed by atoms with Crippen molar-refractivity contribution < 1.29 is 47.1 Å². The highest BCUT2D eigenvalue weighted by molar-refractivity contribution is 6.33. The fourth-order valence-corrected chi connectivity index (χ4v) is 9.38. The van der Waals surface area contributed by atoms with Gasteiger partial charge >= 0.3 is 6.18 Å². The summed E-state index contributed by atoms with van der Waals surface area (Å²) in [5.41, 5.74) is 0.667. The molecule has 13 nitrogen and oxygen atoms in total. The molecule has 4 aliphatic rings. The Bertz CT molecular complexity index is 2430. The maximum Gasteiger partial charge on any atom is 0.417 e. The Hall–Kier alpha value is -6.00. The van der Waals surface area contributed by atoms with Crippen LogP contribution in [0.3, 0.4) is 0 Å². The van der Waals surface area contributed by atoms with Crippen molar-refractivity contribution in [3.63, 3.8) is 0 Å². The van der Waals surface area contributed by atoms with Gasteiger partial charge in [0, 0.05) is 40.9 Å². The molecule has 0 spiro atoms. The molecule has 292 valence electrons. The van der Waals surface area contributed by atoms with E-state index in [1.807, 2.05) is 0 Å². The number of nitro groups is 1. The van der Waals surface area contributed by atoms with Gasteiger partial charge in [0.2, 0.25) is 11.8 Å². The number of alkyl halides is 3. The Morgan fingerprint density at radius 3 is 2.30 bits per heavy atom. The van der Waals surface area contributed by atoms with Gasteiger partial charge in [0.05, 0.1) is 51.5 Å². The lowest BCUT2D eigenvalue weighted by molar-refractivity contribution is -0.384. The highest BCUT2D eigenvalue weighted by atomic mass is 35.5. The number of rotatable bonds is 7. The monoisotopic (exact) mass is 821 g/mol. The summed E-state index contributed by atoms with van der Waals surface area (Å²) in [7, 11) is 1.35. The van der Waals surface area contributed by atoms with Crippen molar-refractivity contribution in [3.05, 3.63) is 127 Å². The van der Waals surface area contributed by atoms with E-state index in [9.17, 15) is 42.8 Å². The highest BCUT2D eigenvalue weighted by Gasteiger charge is 2.71. The predicted octanol–water partition coefficient (Wildman–Crippen LogP) is 7.22. The first-order valence-electron chi connectivity index (χ1n) is 17.4. The molecule has 6 unspecified atom stereocenters.